The predicted octanol–water partition coefficient (Wildman–Crippen LogP) is 5.49. The number of hydrogen-bond acceptors (Lipinski definition) is 9. The Balaban J connectivity index is 1.68. The SMILES string of the molecule is CCOC(=O)/C(=N/OCCOCCOC)c1csc(NC(c2ccccc2)(c2ccccc2)c2ccccc2)n1. The van der Waals surface area contributed by atoms with Crippen molar-refractivity contribution in [2.24, 2.45) is 5.16 Å². The average Bonchev–Trinajstić information content (AvgIpc) is 3.46. The molecule has 0 bridgehead atoms. The molecule has 4 rings (SSSR count). The first-order valence-electron chi connectivity index (χ1n) is 13.0. The van der Waals surface area contributed by atoms with E-state index in [1.807, 2.05) is 54.6 Å². The van der Waals surface area contributed by atoms with Crippen molar-refractivity contribution in [3.05, 3.63) is 119 Å². The Bertz CT molecular complexity index is 1250. The van der Waals surface area contributed by atoms with Gasteiger partial charge >= 0.3 is 5.97 Å². The topological polar surface area (TPSA) is 91.3 Å². The first kappa shape index (κ1) is 28.9. The number of nitrogens with one attached hydrogen (secondary N) is 1. The maximum atomic E-state index is 12.8. The van der Waals surface area contributed by atoms with Gasteiger partial charge in [-0.3, -0.25) is 0 Å². The lowest BCUT2D eigenvalue weighted by Gasteiger charge is -2.36. The second-order valence-corrected chi connectivity index (χ2v) is 9.47. The van der Waals surface area contributed by atoms with E-state index in [0.717, 1.165) is 16.7 Å². The molecule has 0 aliphatic heterocycles. The largest absolute Gasteiger partial charge is 0.461 e. The summed E-state index contributed by atoms with van der Waals surface area (Å²) in [5.41, 5.74) is 2.72. The fraction of sp³-hybridized carbons (Fsp3) is 0.258. The highest BCUT2D eigenvalue weighted by Gasteiger charge is 2.37. The number of nitrogens with zero attached hydrogens (tertiary/aromatic N) is 2. The van der Waals surface area contributed by atoms with Gasteiger partial charge in [-0.25, -0.2) is 9.78 Å². The van der Waals surface area contributed by atoms with E-state index >= 15 is 0 Å². The van der Waals surface area contributed by atoms with Crippen molar-refractivity contribution < 1.29 is 23.8 Å². The molecule has 0 radical (unpaired) electrons. The monoisotopic (exact) mass is 559 g/mol. The van der Waals surface area contributed by atoms with E-state index < -0.39 is 11.5 Å². The van der Waals surface area contributed by atoms with Crippen molar-refractivity contribution in [1.82, 2.24) is 4.98 Å². The molecule has 0 aliphatic rings. The molecular weight excluding hydrogens is 526 g/mol. The van der Waals surface area contributed by atoms with Crippen LogP contribution in [0.3, 0.4) is 0 Å². The van der Waals surface area contributed by atoms with Gasteiger partial charge < -0.3 is 24.4 Å². The molecule has 0 aliphatic carbocycles. The molecule has 8 nitrogen and oxygen atoms in total. The zero-order valence-corrected chi connectivity index (χ0v) is 23.4. The van der Waals surface area contributed by atoms with E-state index in [1.165, 1.54) is 11.3 Å². The zero-order chi connectivity index (χ0) is 28.0. The first-order chi connectivity index (χ1) is 19.7. The molecule has 0 amide bonds. The molecule has 0 spiro atoms. The molecule has 208 valence electrons. The number of methoxy groups -OCH3 is 1. The van der Waals surface area contributed by atoms with Crippen LogP contribution in [-0.2, 0) is 29.4 Å². The van der Waals surface area contributed by atoms with Crippen molar-refractivity contribution in [3.8, 4) is 0 Å². The Morgan fingerprint density at radius 2 is 1.40 bits per heavy atom. The number of rotatable bonds is 15. The molecule has 1 heterocycles. The van der Waals surface area contributed by atoms with Gasteiger partial charge in [0.2, 0.25) is 5.71 Å². The van der Waals surface area contributed by atoms with Gasteiger partial charge in [-0.05, 0) is 23.6 Å². The van der Waals surface area contributed by atoms with Gasteiger partial charge in [-0.15, -0.1) is 11.3 Å². The van der Waals surface area contributed by atoms with Crippen molar-refractivity contribution in [2.75, 3.05) is 45.5 Å². The standard InChI is InChI=1S/C31H33N3O5S/c1-3-38-29(35)28(34-39-22-21-37-20-19-36-2)27-23-40-30(32-27)33-31(24-13-7-4-8-14-24,25-15-9-5-10-16-25)26-17-11-6-12-18-26/h4-18,23H,3,19-22H2,1-2H3,(H,32,33)/b34-28+. The minimum absolute atomic E-state index is 0.00669. The van der Waals surface area contributed by atoms with Crippen LogP contribution in [0.4, 0.5) is 5.13 Å². The van der Waals surface area contributed by atoms with Gasteiger partial charge in [-0.2, -0.15) is 0 Å². The number of carbonyl (C=O) groups is 1. The quantitative estimate of drug-likeness (QED) is 0.0677. The number of anilines is 1. The van der Waals surface area contributed by atoms with Gasteiger partial charge in [0, 0.05) is 12.5 Å². The van der Waals surface area contributed by atoms with Crippen LogP contribution in [0.5, 0.6) is 0 Å². The number of hydrogen-bond donors (Lipinski definition) is 1. The summed E-state index contributed by atoms with van der Waals surface area (Å²) in [6, 6.07) is 30.7. The molecule has 0 fully saturated rings. The summed E-state index contributed by atoms with van der Waals surface area (Å²) in [5, 5.41) is 10.1. The maximum absolute atomic E-state index is 12.8. The van der Waals surface area contributed by atoms with E-state index in [-0.39, 0.29) is 18.9 Å². The smallest absolute Gasteiger partial charge is 0.362 e. The lowest BCUT2D eigenvalue weighted by molar-refractivity contribution is -0.135. The summed E-state index contributed by atoms with van der Waals surface area (Å²) >= 11 is 1.37. The molecule has 40 heavy (non-hydrogen) atoms. The third-order valence-corrected chi connectivity index (χ3v) is 6.79. The molecule has 1 N–H and O–H groups in total. The van der Waals surface area contributed by atoms with Crippen LogP contribution in [0.1, 0.15) is 29.3 Å². The van der Waals surface area contributed by atoms with Gasteiger partial charge in [-0.1, -0.05) is 96.2 Å². The average molecular weight is 560 g/mol. The fourth-order valence-electron chi connectivity index (χ4n) is 4.22. The molecule has 3 aromatic carbocycles. The lowest BCUT2D eigenvalue weighted by atomic mass is 9.77. The lowest BCUT2D eigenvalue weighted by Crippen LogP contribution is -2.38. The Labute approximate surface area is 238 Å². The molecule has 1 aromatic heterocycles. The summed E-state index contributed by atoms with van der Waals surface area (Å²) < 4.78 is 15.6. The number of ether oxygens (including phenoxy) is 3. The Morgan fingerprint density at radius 3 is 1.93 bits per heavy atom. The molecule has 0 atom stereocenters. The van der Waals surface area contributed by atoms with Crippen LogP contribution < -0.4 is 5.32 Å². The fourth-order valence-corrected chi connectivity index (χ4v) is 4.97. The summed E-state index contributed by atoms with van der Waals surface area (Å²) in [5.74, 6) is -0.611. The van der Waals surface area contributed by atoms with E-state index in [1.54, 1.807) is 19.4 Å². The highest BCUT2D eigenvalue weighted by molar-refractivity contribution is 7.14. The normalized spacial score (nSPS) is 11.7. The van der Waals surface area contributed by atoms with Crippen molar-refractivity contribution in [3.63, 3.8) is 0 Å². The highest BCUT2D eigenvalue weighted by atomic mass is 32.1. The molecule has 4 aromatic rings. The summed E-state index contributed by atoms with van der Waals surface area (Å²) in [6.45, 7) is 3.35. The van der Waals surface area contributed by atoms with E-state index in [0.29, 0.717) is 30.6 Å². The third-order valence-electron chi connectivity index (χ3n) is 6.04. The Hall–Kier alpha value is -4.05. The van der Waals surface area contributed by atoms with Gasteiger partial charge in [0.15, 0.2) is 5.13 Å². The van der Waals surface area contributed by atoms with E-state index in [9.17, 15) is 4.79 Å². The zero-order valence-electron chi connectivity index (χ0n) is 22.6. The Morgan fingerprint density at radius 1 is 0.850 bits per heavy atom. The van der Waals surface area contributed by atoms with Crippen molar-refractivity contribution >= 4 is 28.1 Å². The van der Waals surface area contributed by atoms with Crippen molar-refractivity contribution in [2.45, 2.75) is 12.5 Å². The first-order valence-corrected chi connectivity index (χ1v) is 13.9. The van der Waals surface area contributed by atoms with Crippen LogP contribution in [0.25, 0.3) is 0 Å². The van der Waals surface area contributed by atoms with Crippen molar-refractivity contribution in [1.29, 1.82) is 0 Å². The van der Waals surface area contributed by atoms with Crippen LogP contribution in [0, 0.1) is 0 Å². The summed E-state index contributed by atoms with van der Waals surface area (Å²) in [6.07, 6.45) is 0. The van der Waals surface area contributed by atoms with Gasteiger partial charge in [0.1, 0.15) is 17.8 Å². The predicted molar refractivity (Wildman–Crippen MR) is 157 cm³/mol. The van der Waals surface area contributed by atoms with Gasteiger partial charge in [0.25, 0.3) is 0 Å². The molecule has 9 heteroatoms. The number of carbonyl (C=O) groups excluding carboxylic acids is 1. The minimum Gasteiger partial charge on any atom is -0.461 e. The van der Waals surface area contributed by atoms with Crippen LogP contribution >= 0.6 is 11.3 Å². The number of oxime groups is 1. The number of aromatic nitrogens is 1. The highest BCUT2D eigenvalue weighted by Crippen LogP contribution is 2.40. The molecule has 0 saturated carbocycles. The molecule has 0 saturated heterocycles. The Kier molecular flexibility index (Phi) is 10.8. The second kappa shape index (κ2) is 14.9. The van der Waals surface area contributed by atoms with Crippen LogP contribution in [0.15, 0.2) is 102 Å². The molecular formula is C31H33N3O5S. The van der Waals surface area contributed by atoms with Gasteiger partial charge in [0.05, 0.1) is 26.4 Å². The summed E-state index contributed by atoms with van der Waals surface area (Å²) in [7, 11) is 1.61. The second-order valence-electron chi connectivity index (χ2n) is 8.61. The number of esters is 1. The molecule has 0 unspecified atom stereocenters. The van der Waals surface area contributed by atoms with Crippen LogP contribution in [0.2, 0.25) is 0 Å². The van der Waals surface area contributed by atoms with Crippen LogP contribution in [-0.4, -0.2) is 56.8 Å². The van der Waals surface area contributed by atoms with E-state index in [2.05, 4.69) is 46.9 Å². The third kappa shape index (κ3) is 7.12. The minimum atomic E-state index is -0.754. The number of thiazole rings is 1. The maximum Gasteiger partial charge on any atom is 0.362 e. The van der Waals surface area contributed by atoms with E-state index in [4.69, 9.17) is 24.0 Å². The number of benzene rings is 3. The summed E-state index contributed by atoms with van der Waals surface area (Å²) in [4.78, 5) is 22.9.